The van der Waals surface area contributed by atoms with Crippen molar-refractivity contribution in [3.05, 3.63) is 35.9 Å². The summed E-state index contributed by atoms with van der Waals surface area (Å²) < 4.78 is 20.6. The maximum absolute atomic E-state index is 11.5. The fourth-order valence-electron chi connectivity index (χ4n) is 1.70. The second-order valence-electron chi connectivity index (χ2n) is 4.95. The number of carbonyl (C=O) groups is 2. The molecule has 1 rings (SSSR count). The highest BCUT2D eigenvalue weighted by atomic mass is 16.6. The van der Waals surface area contributed by atoms with Gasteiger partial charge in [-0.25, -0.2) is 4.79 Å². The molecule has 1 N–H and O–H groups in total. The minimum Gasteiger partial charge on any atom is -0.550 e. The van der Waals surface area contributed by atoms with Gasteiger partial charge in [0.15, 0.2) is 0 Å². The van der Waals surface area contributed by atoms with Crippen molar-refractivity contribution >= 4 is 12.1 Å². The topological polar surface area (TPSA) is 106 Å². The molecule has 0 aromatic heterocycles. The number of carboxylic acid groups (broad SMARTS) is 1. The molecule has 0 aliphatic heterocycles. The summed E-state index contributed by atoms with van der Waals surface area (Å²) in [4.78, 5) is 21.6. The number of ether oxygens (including phenoxy) is 4. The molecular formula is C17H24NO7-. The summed E-state index contributed by atoms with van der Waals surface area (Å²) in [7, 11) is 0. The van der Waals surface area contributed by atoms with Crippen molar-refractivity contribution in [2.75, 3.05) is 46.2 Å². The van der Waals surface area contributed by atoms with E-state index in [1.54, 1.807) is 0 Å². The molecule has 0 spiro atoms. The number of rotatable bonds is 14. The molecule has 1 aromatic rings. The van der Waals surface area contributed by atoms with Gasteiger partial charge < -0.3 is 34.2 Å². The molecule has 1 aromatic carbocycles. The standard InChI is InChI=1S/C17H25NO7/c19-16(20)6-8-22-10-12-24-13-11-23-9-7-18-17(21)25-14-15-4-2-1-3-5-15/h1-5H,6-14H2,(H,18,21)(H,19,20)/p-1. The number of hydrogen-bond donors (Lipinski definition) is 1. The van der Waals surface area contributed by atoms with Gasteiger partial charge in [0, 0.05) is 18.9 Å². The van der Waals surface area contributed by atoms with E-state index in [-0.39, 0.29) is 19.6 Å². The molecule has 0 unspecified atom stereocenters. The van der Waals surface area contributed by atoms with Crippen LogP contribution in [0.15, 0.2) is 30.3 Å². The fraction of sp³-hybridized carbons (Fsp3) is 0.529. The lowest BCUT2D eigenvalue weighted by molar-refractivity contribution is -0.306. The molecule has 0 radical (unpaired) electrons. The Kier molecular flexibility index (Phi) is 11.9. The zero-order valence-corrected chi connectivity index (χ0v) is 14.1. The van der Waals surface area contributed by atoms with Crippen molar-refractivity contribution in [3.63, 3.8) is 0 Å². The first-order valence-electron chi connectivity index (χ1n) is 8.06. The Morgan fingerprint density at radius 2 is 1.48 bits per heavy atom. The summed E-state index contributed by atoms with van der Waals surface area (Å²) >= 11 is 0. The van der Waals surface area contributed by atoms with Crippen LogP contribution in [-0.4, -0.2) is 58.2 Å². The van der Waals surface area contributed by atoms with Gasteiger partial charge in [0.25, 0.3) is 0 Å². The monoisotopic (exact) mass is 354 g/mol. The number of aliphatic carboxylic acids is 1. The Balaban J connectivity index is 1.82. The fourth-order valence-corrected chi connectivity index (χ4v) is 1.70. The van der Waals surface area contributed by atoms with E-state index < -0.39 is 12.1 Å². The first-order chi connectivity index (χ1) is 12.2. The average Bonchev–Trinajstić information content (AvgIpc) is 2.61. The summed E-state index contributed by atoms with van der Waals surface area (Å²) in [6.45, 7) is 2.51. The number of nitrogens with one attached hydrogen (secondary N) is 1. The number of alkyl carbamates (subject to hydrolysis) is 1. The van der Waals surface area contributed by atoms with Crippen molar-refractivity contribution in [3.8, 4) is 0 Å². The zero-order chi connectivity index (χ0) is 18.2. The second-order valence-corrected chi connectivity index (χ2v) is 4.95. The van der Waals surface area contributed by atoms with Crippen LogP contribution in [0.4, 0.5) is 4.79 Å². The van der Waals surface area contributed by atoms with E-state index in [0.29, 0.717) is 39.6 Å². The first kappa shape index (κ1) is 20.9. The van der Waals surface area contributed by atoms with Crippen LogP contribution in [0.25, 0.3) is 0 Å². The molecule has 0 aliphatic carbocycles. The molecule has 8 heteroatoms. The summed E-state index contributed by atoms with van der Waals surface area (Å²) in [5, 5.41) is 12.7. The van der Waals surface area contributed by atoms with Crippen molar-refractivity contribution in [1.29, 1.82) is 0 Å². The molecule has 25 heavy (non-hydrogen) atoms. The Hall–Kier alpha value is -2.16. The van der Waals surface area contributed by atoms with Gasteiger partial charge in [0.1, 0.15) is 6.61 Å². The largest absolute Gasteiger partial charge is 0.550 e. The molecule has 0 fully saturated rings. The van der Waals surface area contributed by atoms with E-state index in [9.17, 15) is 14.7 Å². The number of hydrogen-bond acceptors (Lipinski definition) is 7. The zero-order valence-electron chi connectivity index (χ0n) is 14.1. The summed E-state index contributed by atoms with van der Waals surface area (Å²) in [5.41, 5.74) is 0.926. The molecule has 0 saturated heterocycles. The minimum atomic E-state index is -1.13. The van der Waals surface area contributed by atoms with Gasteiger partial charge in [-0.05, 0) is 5.56 Å². The summed E-state index contributed by atoms with van der Waals surface area (Å²) in [6, 6.07) is 9.42. The van der Waals surface area contributed by atoms with Gasteiger partial charge in [-0.15, -0.1) is 0 Å². The van der Waals surface area contributed by atoms with Crippen molar-refractivity contribution in [2.24, 2.45) is 0 Å². The van der Waals surface area contributed by atoms with Crippen LogP contribution in [0.1, 0.15) is 12.0 Å². The Morgan fingerprint density at radius 1 is 0.880 bits per heavy atom. The van der Waals surface area contributed by atoms with E-state index >= 15 is 0 Å². The number of benzene rings is 1. The SMILES string of the molecule is O=C([O-])CCOCCOCCOCCNC(=O)OCc1ccccc1. The third-order valence-electron chi connectivity index (χ3n) is 2.92. The van der Waals surface area contributed by atoms with Crippen LogP contribution in [0, 0.1) is 0 Å². The van der Waals surface area contributed by atoms with Gasteiger partial charge in [0.2, 0.25) is 0 Å². The molecule has 140 valence electrons. The van der Waals surface area contributed by atoms with Crippen molar-refractivity contribution in [1.82, 2.24) is 5.32 Å². The second kappa shape index (κ2) is 14.2. The smallest absolute Gasteiger partial charge is 0.407 e. The lowest BCUT2D eigenvalue weighted by Crippen LogP contribution is -2.28. The molecule has 0 bridgehead atoms. The predicted molar refractivity (Wildman–Crippen MR) is 86.7 cm³/mol. The summed E-state index contributed by atoms with van der Waals surface area (Å²) in [5.74, 6) is -1.13. The van der Waals surface area contributed by atoms with Gasteiger partial charge in [0.05, 0.1) is 39.6 Å². The Labute approximate surface area is 147 Å². The van der Waals surface area contributed by atoms with Crippen LogP contribution in [0.2, 0.25) is 0 Å². The third kappa shape index (κ3) is 12.9. The molecule has 0 heterocycles. The molecule has 0 atom stereocenters. The molecular weight excluding hydrogens is 330 g/mol. The molecule has 0 saturated carbocycles. The van der Waals surface area contributed by atoms with E-state index in [0.717, 1.165) is 5.56 Å². The van der Waals surface area contributed by atoms with Crippen molar-refractivity contribution in [2.45, 2.75) is 13.0 Å². The van der Waals surface area contributed by atoms with E-state index in [1.807, 2.05) is 30.3 Å². The number of amides is 1. The highest BCUT2D eigenvalue weighted by Gasteiger charge is 2.01. The van der Waals surface area contributed by atoms with Gasteiger partial charge in [-0.3, -0.25) is 0 Å². The van der Waals surface area contributed by atoms with Crippen LogP contribution in [0.5, 0.6) is 0 Å². The van der Waals surface area contributed by atoms with Crippen LogP contribution < -0.4 is 10.4 Å². The Bertz CT molecular complexity index is 481. The lowest BCUT2D eigenvalue weighted by Gasteiger charge is -2.08. The Morgan fingerprint density at radius 3 is 2.12 bits per heavy atom. The number of carbonyl (C=O) groups excluding carboxylic acids is 2. The van der Waals surface area contributed by atoms with Crippen molar-refractivity contribution < 1.29 is 33.6 Å². The van der Waals surface area contributed by atoms with E-state index in [2.05, 4.69) is 5.32 Å². The lowest BCUT2D eigenvalue weighted by atomic mass is 10.2. The molecule has 0 aliphatic rings. The van der Waals surface area contributed by atoms with E-state index in [4.69, 9.17) is 18.9 Å². The van der Waals surface area contributed by atoms with Gasteiger partial charge >= 0.3 is 6.09 Å². The minimum absolute atomic E-state index is 0.119. The normalized spacial score (nSPS) is 10.4. The third-order valence-corrected chi connectivity index (χ3v) is 2.92. The first-order valence-corrected chi connectivity index (χ1v) is 8.06. The quantitative estimate of drug-likeness (QED) is 0.472. The van der Waals surface area contributed by atoms with Crippen LogP contribution in [-0.2, 0) is 30.3 Å². The highest BCUT2D eigenvalue weighted by molar-refractivity contribution is 5.67. The van der Waals surface area contributed by atoms with Gasteiger partial charge in [-0.1, -0.05) is 30.3 Å². The summed E-state index contributed by atoms with van der Waals surface area (Å²) in [6.07, 6.45) is -0.610. The number of carboxylic acids is 1. The van der Waals surface area contributed by atoms with E-state index in [1.165, 1.54) is 0 Å². The van der Waals surface area contributed by atoms with Gasteiger partial charge in [-0.2, -0.15) is 0 Å². The predicted octanol–water partition coefficient (Wildman–Crippen LogP) is 0.103. The maximum Gasteiger partial charge on any atom is 0.407 e. The average molecular weight is 354 g/mol. The highest BCUT2D eigenvalue weighted by Crippen LogP contribution is 2.00. The maximum atomic E-state index is 11.5. The van der Waals surface area contributed by atoms with Crippen LogP contribution >= 0.6 is 0 Å². The molecule has 1 amide bonds. The molecule has 8 nitrogen and oxygen atoms in total. The van der Waals surface area contributed by atoms with Crippen LogP contribution in [0.3, 0.4) is 0 Å².